The van der Waals surface area contributed by atoms with Crippen LogP contribution in [0.15, 0.2) is 18.2 Å². The van der Waals surface area contributed by atoms with Gasteiger partial charge < -0.3 is 10.1 Å². The van der Waals surface area contributed by atoms with E-state index in [4.69, 9.17) is 4.74 Å². The smallest absolute Gasteiger partial charge is 0.125 e. The summed E-state index contributed by atoms with van der Waals surface area (Å²) in [5.74, 6) is 2.96. The Kier molecular flexibility index (Phi) is 3.72. The van der Waals surface area contributed by atoms with Crippen molar-refractivity contribution in [1.82, 2.24) is 5.32 Å². The van der Waals surface area contributed by atoms with E-state index in [-0.39, 0.29) is 17.5 Å². The first kappa shape index (κ1) is 13.3. The van der Waals surface area contributed by atoms with E-state index in [2.05, 4.69) is 12.2 Å². The molecule has 2 aliphatic rings. The first-order chi connectivity index (χ1) is 9.22. The maximum Gasteiger partial charge on any atom is 0.125 e. The molecule has 0 saturated carbocycles. The predicted molar refractivity (Wildman–Crippen MR) is 77.4 cm³/mol. The number of hydrogen-bond acceptors (Lipinski definition) is 3. The van der Waals surface area contributed by atoms with Gasteiger partial charge in [-0.3, -0.25) is 0 Å². The summed E-state index contributed by atoms with van der Waals surface area (Å²) in [5.41, 5.74) is 0.920. The Morgan fingerprint density at radius 3 is 3.16 bits per heavy atom. The van der Waals surface area contributed by atoms with Gasteiger partial charge in [-0.05, 0) is 43.3 Å². The summed E-state index contributed by atoms with van der Waals surface area (Å²) in [7, 11) is 0. The van der Waals surface area contributed by atoms with Gasteiger partial charge in [0.2, 0.25) is 0 Å². The third-order valence-corrected chi connectivity index (χ3v) is 5.29. The molecule has 1 saturated heterocycles. The molecule has 1 fully saturated rings. The molecule has 2 nitrogen and oxygen atoms in total. The predicted octanol–water partition coefficient (Wildman–Crippen LogP) is 3.52. The summed E-state index contributed by atoms with van der Waals surface area (Å²) in [6.45, 7) is 2.99. The highest BCUT2D eigenvalue weighted by Crippen LogP contribution is 2.45. The average molecular weight is 281 g/mol. The maximum absolute atomic E-state index is 13.5. The van der Waals surface area contributed by atoms with E-state index >= 15 is 0 Å². The zero-order valence-corrected chi connectivity index (χ0v) is 12.1. The van der Waals surface area contributed by atoms with E-state index in [0.717, 1.165) is 36.5 Å². The lowest BCUT2D eigenvalue weighted by molar-refractivity contribution is 0.0413. The van der Waals surface area contributed by atoms with Crippen molar-refractivity contribution in [2.24, 2.45) is 0 Å². The Morgan fingerprint density at radius 1 is 1.53 bits per heavy atom. The Bertz CT molecular complexity index is 459. The lowest BCUT2D eigenvalue weighted by Gasteiger charge is -2.44. The molecule has 0 aliphatic carbocycles. The van der Waals surface area contributed by atoms with Gasteiger partial charge in [0.15, 0.2) is 0 Å². The van der Waals surface area contributed by atoms with Crippen molar-refractivity contribution in [2.75, 3.05) is 18.1 Å². The molecule has 3 rings (SSSR count). The van der Waals surface area contributed by atoms with E-state index in [1.165, 1.54) is 18.2 Å². The molecular weight excluding hydrogens is 261 g/mol. The molecule has 1 aromatic carbocycles. The number of fused-ring (bicyclic) bond motifs is 1. The van der Waals surface area contributed by atoms with Crippen molar-refractivity contribution < 1.29 is 9.13 Å². The topological polar surface area (TPSA) is 21.3 Å². The number of benzene rings is 1. The molecule has 2 aliphatic heterocycles. The summed E-state index contributed by atoms with van der Waals surface area (Å²) in [5, 5.41) is 3.48. The molecule has 1 aromatic rings. The van der Waals surface area contributed by atoms with Gasteiger partial charge in [-0.25, -0.2) is 4.39 Å². The average Bonchev–Trinajstić information content (AvgIpc) is 2.41. The molecule has 104 valence electrons. The van der Waals surface area contributed by atoms with Crippen molar-refractivity contribution >= 4 is 11.8 Å². The molecule has 0 amide bonds. The molecule has 2 atom stereocenters. The molecule has 1 spiro atoms. The minimum Gasteiger partial charge on any atom is -0.486 e. The molecule has 0 bridgehead atoms. The Hall–Kier alpha value is -0.740. The normalized spacial score (nSPS) is 29.9. The third-order valence-electron chi connectivity index (χ3n) is 3.99. The van der Waals surface area contributed by atoms with E-state index in [1.807, 2.05) is 11.8 Å². The van der Waals surface area contributed by atoms with Crippen LogP contribution in [-0.2, 0) is 0 Å². The van der Waals surface area contributed by atoms with Gasteiger partial charge in [0, 0.05) is 23.8 Å². The quantitative estimate of drug-likeness (QED) is 0.896. The number of ether oxygens (including phenoxy) is 1. The monoisotopic (exact) mass is 281 g/mol. The molecule has 19 heavy (non-hydrogen) atoms. The fourth-order valence-corrected chi connectivity index (χ4v) is 4.32. The van der Waals surface area contributed by atoms with Crippen LogP contribution in [0.25, 0.3) is 0 Å². The summed E-state index contributed by atoms with van der Waals surface area (Å²) >= 11 is 1.97. The van der Waals surface area contributed by atoms with E-state index < -0.39 is 0 Å². The Morgan fingerprint density at radius 2 is 2.42 bits per heavy atom. The fourth-order valence-electron chi connectivity index (χ4n) is 3.14. The van der Waals surface area contributed by atoms with Gasteiger partial charge >= 0.3 is 0 Å². The van der Waals surface area contributed by atoms with Crippen LogP contribution in [0.4, 0.5) is 4.39 Å². The SMILES string of the molecule is CCNC1CC2(CCCSC2)Oc2ccc(F)cc21. The van der Waals surface area contributed by atoms with Crippen LogP contribution in [0.2, 0.25) is 0 Å². The molecule has 2 heterocycles. The van der Waals surface area contributed by atoms with Gasteiger partial charge in [0.1, 0.15) is 17.2 Å². The van der Waals surface area contributed by atoms with Crippen LogP contribution >= 0.6 is 11.8 Å². The van der Waals surface area contributed by atoms with Crippen LogP contribution in [0.1, 0.15) is 37.8 Å². The standard InChI is InChI=1S/C15H20FNOS/c1-2-17-13-9-15(6-3-7-19-10-15)18-14-5-4-11(16)8-12(13)14/h4-5,8,13,17H,2-3,6-7,9-10H2,1H3. The minimum atomic E-state index is -0.181. The largest absolute Gasteiger partial charge is 0.486 e. The van der Waals surface area contributed by atoms with Crippen molar-refractivity contribution in [3.05, 3.63) is 29.6 Å². The zero-order valence-electron chi connectivity index (χ0n) is 11.2. The van der Waals surface area contributed by atoms with Gasteiger partial charge in [-0.2, -0.15) is 11.8 Å². The van der Waals surface area contributed by atoms with Crippen LogP contribution in [-0.4, -0.2) is 23.7 Å². The second kappa shape index (κ2) is 5.33. The van der Waals surface area contributed by atoms with Crippen molar-refractivity contribution in [2.45, 2.75) is 37.8 Å². The fraction of sp³-hybridized carbons (Fsp3) is 0.600. The molecule has 1 N–H and O–H groups in total. The highest BCUT2D eigenvalue weighted by molar-refractivity contribution is 7.99. The minimum absolute atomic E-state index is 0.0550. The summed E-state index contributed by atoms with van der Waals surface area (Å²) in [6, 6.07) is 5.11. The van der Waals surface area contributed by atoms with Crippen molar-refractivity contribution in [1.29, 1.82) is 0 Å². The first-order valence-electron chi connectivity index (χ1n) is 7.02. The second-order valence-corrected chi connectivity index (χ2v) is 6.54. The first-order valence-corrected chi connectivity index (χ1v) is 8.17. The summed E-state index contributed by atoms with van der Waals surface area (Å²) in [4.78, 5) is 0. The highest BCUT2D eigenvalue weighted by Gasteiger charge is 2.42. The van der Waals surface area contributed by atoms with Gasteiger partial charge in [-0.1, -0.05) is 6.92 Å². The van der Waals surface area contributed by atoms with Gasteiger partial charge in [0.25, 0.3) is 0 Å². The molecule has 2 unspecified atom stereocenters. The van der Waals surface area contributed by atoms with E-state index in [1.54, 1.807) is 12.1 Å². The highest BCUT2D eigenvalue weighted by atomic mass is 32.2. The van der Waals surface area contributed by atoms with Gasteiger partial charge in [0.05, 0.1) is 0 Å². The molecular formula is C15H20FNOS. The van der Waals surface area contributed by atoms with Crippen LogP contribution in [0.3, 0.4) is 0 Å². The van der Waals surface area contributed by atoms with Gasteiger partial charge in [-0.15, -0.1) is 0 Å². The number of thioether (sulfide) groups is 1. The van der Waals surface area contributed by atoms with E-state index in [9.17, 15) is 4.39 Å². The van der Waals surface area contributed by atoms with Crippen LogP contribution in [0.5, 0.6) is 5.75 Å². The zero-order chi connectivity index (χ0) is 13.3. The number of nitrogens with one attached hydrogen (secondary N) is 1. The van der Waals surface area contributed by atoms with Crippen molar-refractivity contribution in [3.63, 3.8) is 0 Å². The second-order valence-electron chi connectivity index (χ2n) is 5.44. The number of hydrogen-bond donors (Lipinski definition) is 1. The van der Waals surface area contributed by atoms with E-state index in [0.29, 0.717) is 0 Å². The summed E-state index contributed by atoms with van der Waals surface area (Å²) < 4.78 is 19.7. The molecule has 0 aromatic heterocycles. The number of rotatable bonds is 2. The Balaban J connectivity index is 1.94. The Labute approximate surface area is 118 Å². The number of halogens is 1. The van der Waals surface area contributed by atoms with Crippen LogP contribution < -0.4 is 10.1 Å². The van der Waals surface area contributed by atoms with Crippen molar-refractivity contribution in [3.8, 4) is 5.75 Å². The summed E-state index contributed by atoms with van der Waals surface area (Å²) in [6.07, 6.45) is 3.27. The lowest BCUT2D eigenvalue weighted by atomic mass is 9.85. The maximum atomic E-state index is 13.5. The van der Waals surface area contributed by atoms with Crippen LogP contribution in [0, 0.1) is 5.82 Å². The molecule has 4 heteroatoms. The third kappa shape index (κ3) is 2.61. The lowest BCUT2D eigenvalue weighted by Crippen LogP contribution is -2.47. The molecule has 0 radical (unpaired) electrons.